The third-order valence-corrected chi connectivity index (χ3v) is 5.46. The van der Waals surface area contributed by atoms with Crippen molar-refractivity contribution in [2.75, 3.05) is 6.61 Å². The van der Waals surface area contributed by atoms with Crippen molar-refractivity contribution in [2.45, 2.75) is 76.8 Å². The van der Waals surface area contributed by atoms with E-state index in [1.165, 1.54) is 25.7 Å². The molecule has 0 saturated heterocycles. The maximum atomic E-state index is 10.1. The lowest BCUT2D eigenvalue weighted by Crippen LogP contribution is -2.15. The van der Waals surface area contributed by atoms with E-state index in [9.17, 15) is 4.79 Å². The first-order valence-corrected chi connectivity index (χ1v) is 8.71. The second-order valence-electron chi connectivity index (χ2n) is 6.39. The predicted molar refractivity (Wildman–Crippen MR) is 79.4 cm³/mol. The van der Waals surface area contributed by atoms with Gasteiger partial charge in [-0.15, -0.1) is 0 Å². The van der Waals surface area contributed by atoms with Gasteiger partial charge in [0.2, 0.25) is 0 Å². The van der Waals surface area contributed by atoms with Crippen LogP contribution in [0.1, 0.15) is 66.2 Å². The number of ether oxygens (including phenoxy) is 1. The molecule has 1 N–H and O–H groups in total. The molecular formula is C14H30O3Si. The van der Waals surface area contributed by atoms with Crippen molar-refractivity contribution in [3.63, 3.8) is 0 Å². The van der Waals surface area contributed by atoms with E-state index in [0.717, 1.165) is 18.4 Å². The highest BCUT2D eigenvalue weighted by molar-refractivity contribution is 6.41. The van der Waals surface area contributed by atoms with Crippen molar-refractivity contribution in [3.05, 3.63) is 0 Å². The highest BCUT2D eigenvalue weighted by Gasteiger charge is 2.19. The highest BCUT2D eigenvalue weighted by atomic mass is 28.2. The Balaban J connectivity index is 3.37. The van der Waals surface area contributed by atoms with Crippen molar-refractivity contribution >= 4 is 15.7 Å². The summed E-state index contributed by atoms with van der Waals surface area (Å²) >= 11 is 0. The maximum Gasteiger partial charge on any atom is 0.505 e. The maximum absolute atomic E-state index is 10.1. The van der Waals surface area contributed by atoms with Crippen LogP contribution in [0, 0.1) is 0 Å². The minimum Gasteiger partial charge on any atom is -0.450 e. The molecule has 108 valence electrons. The topological polar surface area (TPSA) is 46.5 Å². The number of hydrogen-bond donors (Lipinski definition) is 1. The van der Waals surface area contributed by atoms with Crippen molar-refractivity contribution in [2.24, 2.45) is 0 Å². The summed E-state index contributed by atoms with van der Waals surface area (Å²) in [4.78, 5) is 10.1. The van der Waals surface area contributed by atoms with Gasteiger partial charge in [-0.3, -0.25) is 0 Å². The van der Waals surface area contributed by atoms with Crippen molar-refractivity contribution in [3.8, 4) is 0 Å². The van der Waals surface area contributed by atoms with E-state index in [0.29, 0.717) is 11.6 Å². The van der Waals surface area contributed by atoms with Crippen molar-refractivity contribution < 1.29 is 14.6 Å². The van der Waals surface area contributed by atoms with E-state index in [1.54, 1.807) is 0 Å². The molecule has 0 heterocycles. The van der Waals surface area contributed by atoms with Gasteiger partial charge in [0.15, 0.2) is 0 Å². The largest absolute Gasteiger partial charge is 0.505 e. The Morgan fingerprint density at radius 1 is 1.17 bits per heavy atom. The first kappa shape index (κ1) is 17.5. The molecule has 0 aromatic rings. The zero-order chi connectivity index (χ0) is 14.0. The molecule has 0 amide bonds. The summed E-state index contributed by atoms with van der Waals surface area (Å²) in [6.07, 6.45) is 5.91. The molecule has 4 heteroatoms. The average molecular weight is 274 g/mol. The van der Waals surface area contributed by atoms with Gasteiger partial charge in [-0.2, -0.15) is 0 Å². The van der Waals surface area contributed by atoms with Crippen LogP contribution in [0.25, 0.3) is 0 Å². The molecule has 0 unspecified atom stereocenters. The predicted octanol–water partition coefficient (Wildman–Crippen LogP) is 4.22. The summed E-state index contributed by atoms with van der Waals surface area (Å²) < 4.78 is 4.47. The van der Waals surface area contributed by atoms with Gasteiger partial charge >= 0.3 is 6.16 Å². The van der Waals surface area contributed by atoms with Crippen LogP contribution in [0.4, 0.5) is 4.79 Å². The smallest absolute Gasteiger partial charge is 0.450 e. The molecule has 0 radical (unpaired) electrons. The summed E-state index contributed by atoms with van der Waals surface area (Å²) in [5.74, 6) is 0. The van der Waals surface area contributed by atoms with Crippen LogP contribution in [0.5, 0.6) is 0 Å². The minimum atomic E-state index is -1.16. The lowest BCUT2D eigenvalue weighted by atomic mass is 10.0. The van der Waals surface area contributed by atoms with Gasteiger partial charge in [0.05, 0.1) is 6.61 Å². The monoisotopic (exact) mass is 274 g/mol. The van der Waals surface area contributed by atoms with Crippen LogP contribution >= 0.6 is 0 Å². The molecular weight excluding hydrogens is 244 g/mol. The number of rotatable bonds is 10. The Hall–Kier alpha value is -0.513. The van der Waals surface area contributed by atoms with Crippen LogP contribution in [0.15, 0.2) is 0 Å². The highest BCUT2D eigenvalue weighted by Crippen LogP contribution is 2.33. The molecule has 0 fully saturated rings. The molecule has 0 rings (SSSR count). The molecule has 0 aliphatic heterocycles. The van der Waals surface area contributed by atoms with Crippen LogP contribution in [-0.2, 0) is 4.74 Å². The Labute approximate surface area is 114 Å². The Morgan fingerprint density at radius 3 is 2.28 bits per heavy atom. The lowest BCUT2D eigenvalue weighted by Gasteiger charge is -2.26. The zero-order valence-electron chi connectivity index (χ0n) is 12.5. The molecule has 0 aromatic carbocycles. The second-order valence-corrected chi connectivity index (χ2v) is 10.3. The van der Waals surface area contributed by atoms with E-state index in [1.807, 2.05) is 0 Å². The molecule has 0 atom stereocenters. The Bertz CT molecular complexity index is 227. The standard InChI is InChI=1S/C14H30O3Si/c1-12(2)18-14(3,4)10-8-6-5-7-9-11-17-13(15)16/h12H,5-11,18H2,1-4H3,(H,15,16). The van der Waals surface area contributed by atoms with E-state index >= 15 is 0 Å². The van der Waals surface area contributed by atoms with Crippen LogP contribution < -0.4 is 0 Å². The van der Waals surface area contributed by atoms with Crippen LogP contribution in [0.3, 0.4) is 0 Å². The third-order valence-electron chi connectivity index (χ3n) is 3.18. The number of carbonyl (C=O) groups is 1. The first-order chi connectivity index (χ1) is 8.33. The number of carboxylic acid groups (broad SMARTS) is 1. The minimum absolute atomic E-state index is 0.0320. The summed E-state index contributed by atoms with van der Waals surface area (Å²) in [5.41, 5.74) is 0.910. The van der Waals surface area contributed by atoms with Crippen molar-refractivity contribution in [1.29, 1.82) is 0 Å². The second kappa shape index (κ2) is 9.42. The lowest BCUT2D eigenvalue weighted by molar-refractivity contribution is 0.0899. The van der Waals surface area contributed by atoms with E-state index < -0.39 is 6.16 Å². The van der Waals surface area contributed by atoms with Crippen LogP contribution in [-0.4, -0.2) is 27.4 Å². The SMILES string of the molecule is CC(C)[SiH2]C(C)(C)CCCCCCCOC(=O)O. The van der Waals surface area contributed by atoms with E-state index in [-0.39, 0.29) is 9.52 Å². The molecule has 0 spiro atoms. The summed E-state index contributed by atoms with van der Waals surface area (Å²) in [6.45, 7) is 9.87. The van der Waals surface area contributed by atoms with Gasteiger partial charge in [-0.1, -0.05) is 65.3 Å². The van der Waals surface area contributed by atoms with Gasteiger partial charge in [0.1, 0.15) is 0 Å². The van der Waals surface area contributed by atoms with Gasteiger partial charge < -0.3 is 9.84 Å². The fourth-order valence-electron chi connectivity index (χ4n) is 2.60. The summed E-state index contributed by atoms with van der Waals surface area (Å²) in [7, 11) is 0.0320. The summed E-state index contributed by atoms with van der Waals surface area (Å²) in [6, 6.07) is 0. The Morgan fingerprint density at radius 2 is 1.72 bits per heavy atom. The fourth-order valence-corrected chi connectivity index (χ4v) is 5.27. The molecule has 0 bridgehead atoms. The van der Waals surface area contributed by atoms with Crippen molar-refractivity contribution in [1.82, 2.24) is 0 Å². The Kier molecular flexibility index (Phi) is 9.15. The van der Waals surface area contributed by atoms with Gasteiger partial charge in [-0.05, 0) is 11.5 Å². The van der Waals surface area contributed by atoms with E-state index in [4.69, 9.17) is 5.11 Å². The number of unbranched alkanes of at least 4 members (excludes halogenated alkanes) is 4. The third kappa shape index (κ3) is 12.0. The molecule has 0 aromatic heterocycles. The first-order valence-electron chi connectivity index (χ1n) is 7.19. The average Bonchev–Trinajstić information content (AvgIpc) is 2.19. The molecule has 3 nitrogen and oxygen atoms in total. The van der Waals surface area contributed by atoms with Gasteiger partial charge in [-0.25, -0.2) is 4.79 Å². The molecule has 18 heavy (non-hydrogen) atoms. The molecule has 0 saturated carbocycles. The normalized spacial score (nSPS) is 12.5. The molecule has 0 aliphatic carbocycles. The number of hydrogen-bond acceptors (Lipinski definition) is 2. The molecule has 0 aliphatic rings. The van der Waals surface area contributed by atoms with E-state index in [2.05, 4.69) is 32.4 Å². The van der Waals surface area contributed by atoms with Gasteiger partial charge in [0.25, 0.3) is 0 Å². The van der Waals surface area contributed by atoms with Crippen LogP contribution in [0.2, 0.25) is 10.6 Å². The summed E-state index contributed by atoms with van der Waals surface area (Å²) in [5, 5.41) is 8.90. The quantitative estimate of drug-likeness (QED) is 0.368. The zero-order valence-corrected chi connectivity index (χ0v) is 13.9. The fraction of sp³-hybridized carbons (Fsp3) is 0.929. The van der Waals surface area contributed by atoms with Gasteiger partial charge in [0, 0.05) is 9.52 Å².